The molecule has 19 heavy (non-hydrogen) atoms. The lowest BCUT2D eigenvalue weighted by atomic mass is 10.1. The van der Waals surface area contributed by atoms with Crippen LogP contribution in [-0.4, -0.2) is 0 Å². The first-order chi connectivity index (χ1) is 8.99. The molecule has 0 bridgehead atoms. The molecule has 0 aromatic heterocycles. The minimum atomic E-state index is -0.422. The van der Waals surface area contributed by atoms with Crippen molar-refractivity contribution in [2.24, 2.45) is 0 Å². The molecule has 0 amide bonds. The molecule has 0 N–H and O–H groups in total. The van der Waals surface area contributed by atoms with Crippen LogP contribution in [-0.2, 0) is 6.61 Å². The molecule has 2 rings (SSSR count). The summed E-state index contributed by atoms with van der Waals surface area (Å²) >= 11 is 9.23. The van der Waals surface area contributed by atoms with E-state index in [1.165, 1.54) is 6.07 Å². The number of aryl methyl sites for hydroxylation is 2. The van der Waals surface area contributed by atoms with Gasteiger partial charge in [-0.1, -0.05) is 39.7 Å². The van der Waals surface area contributed by atoms with Crippen LogP contribution in [0.5, 0.6) is 5.75 Å². The van der Waals surface area contributed by atoms with Crippen molar-refractivity contribution in [1.29, 1.82) is 0 Å². The molecule has 4 heteroatoms. The minimum absolute atomic E-state index is 0.115. The lowest BCUT2D eigenvalue weighted by Crippen LogP contribution is -1.99. The van der Waals surface area contributed by atoms with E-state index in [-0.39, 0.29) is 11.6 Å². The van der Waals surface area contributed by atoms with Crippen LogP contribution in [0.3, 0.4) is 0 Å². The number of halogens is 3. The first kappa shape index (κ1) is 14.4. The first-order valence-corrected chi connectivity index (χ1v) is 6.98. The normalized spacial score (nSPS) is 10.6. The van der Waals surface area contributed by atoms with Crippen LogP contribution in [0.1, 0.15) is 16.7 Å². The Balaban J connectivity index is 2.17. The van der Waals surface area contributed by atoms with Crippen molar-refractivity contribution in [3.63, 3.8) is 0 Å². The fourth-order valence-electron chi connectivity index (χ4n) is 1.81. The van der Waals surface area contributed by atoms with Gasteiger partial charge in [0.15, 0.2) is 0 Å². The maximum atomic E-state index is 13.7. The highest BCUT2D eigenvalue weighted by atomic mass is 79.9. The fourth-order valence-corrected chi connectivity index (χ4v) is 2.23. The number of benzene rings is 2. The van der Waals surface area contributed by atoms with Crippen LogP contribution in [0, 0.1) is 19.7 Å². The standard InChI is InChI=1S/C15H13BrClFO/c1-9-6-12(7-10(2)14(9)16)19-8-11-4-3-5-13(17)15(11)18/h3-7H,8H2,1-2H3. The summed E-state index contributed by atoms with van der Waals surface area (Å²) in [6, 6.07) is 8.73. The Morgan fingerprint density at radius 3 is 2.47 bits per heavy atom. The molecule has 0 saturated heterocycles. The monoisotopic (exact) mass is 342 g/mol. The van der Waals surface area contributed by atoms with E-state index < -0.39 is 5.82 Å². The zero-order valence-corrected chi connectivity index (χ0v) is 13.0. The van der Waals surface area contributed by atoms with E-state index in [0.29, 0.717) is 5.56 Å². The van der Waals surface area contributed by atoms with Gasteiger partial charge in [-0.05, 0) is 43.2 Å². The molecular weight excluding hydrogens is 331 g/mol. The van der Waals surface area contributed by atoms with Gasteiger partial charge in [-0.2, -0.15) is 0 Å². The maximum absolute atomic E-state index is 13.7. The van der Waals surface area contributed by atoms with Crippen molar-refractivity contribution < 1.29 is 9.13 Å². The largest absolute Gasteiger partial charge is 0.489 e. The topological polar surface area (TPSA) is 9.23 Å². The number of hydrogen-bond donors (Lipinski definition) is 0. The third kappa shape index (κ3) is 3.28. The molecule has 0 aliphatic carbocycles. The third-order valence-corrected chi connectivity index (χ3v) is 4.38. The molecule has 0 atom stereocenters. The van der Waals surface area contributed by atoms with Crippen molar-refractivity contribution in [3.05, 3.63) is 62.3 Å². The summed E-state index contributed by atoms with van der Waals surface area (Å²) in [6.45, 7) is 4.14. The highest BCUT2D eigenvalue weighted by Crippen LogP contribution is 2.27. The van der Waals surface area contributed by atoms with Gasteiger partial charge in [-0.3, -0.25) is 0 Å². The molecule has 1 nitrogen and oxygen atoms in total. The summed E-state index contributed by atoms with van der Waals surface area (Å²) < 4.78 is 20.4. The van der Waals surface area contributed by atoms with E-state index in [1.807, 2.05) is 26.0 Å². The number of ether oxygens (including phenoxy) is 1. The summed E-state index contributed by atoms with van der Waals surface area (Å²) in [5, 5.41) is 0.115. The Labute approximate surface area is 125 Å². The van der Waals surface area contributed by atoms with E-state index in [0.717, 1.165) is 21.3 Å². The fraction of sp³-hybridized carbons (Fsp3) is 0.200. The number of rotatable bonds is 3. The van der Waals surface area contributed by atoms with Crippen LogP contribution in [0.2, 0.25) is 5.02 Å². The Bertz CT molecular complexity index is 590. The second-order valence-corrected chi connectivity index (χ2v) is 5.57. The first-order valence-electron chi connectivity index (χ1n) is 5.81. The molecule has 0 heterocycles. The molecule has 0 saturated carbocycles. The highest BCUT2D eigenvalue weighted by Gasteiger charge is 2.08. The van der Waals surface area contributed by atoms with E-state index in [4.69, 9.17) is 16.3 Å². The molecule has 0 radical (unpaired) electrons. The van der Waals surface area contributed by atoms with Crippen molar-refractivity contribution >= 4 is 27.5 Å². The Morgan fingerprint density at radius 1 is 1.21 bits per heavy atom. The van der Waals surface area contributed by atoms with Crippen molar-refractivity contribution in [2.75, 3.05) is 0 Å². The second kappa shape index (κ2) is 5.93. The van der Waals surface area contributed by atoms with Gasteiger partial charge in [-0.25, -0.2) is 4.39 Å². The quantitative estimate of drug-likeness (QED) is 0.721. The zero-order valence-electron chi connectivity index (χ0n) is 10.6. The van der Waals surface area contributed by atoms with Crippen molar-refractivity contribution in [1.82, 2.24) is 0 Å². The van der Waals surface area contributed by atoms with Crippen molar-refractivity contribution in [2.45, 2.75) is 20.5 Å². The Kier molecular flexibility index (Phi) is 4.48. The predicted octanol–water partition coefficient (Wildman–Crippen LogP) is 5.44. The van der Waals surface area contributed by atoms with E-state index in [9.17, 15) is 4.39 Å². The summed E-state index contributed by atoms with van der Waals surface area (Å²) in [5.74, 6) is 0.298. The average Bonchev–Trinajstić information content (AvgIpc) is 2.37. The molecule has 2 aromatic rings. The molecular formula is C15H13BrClFO. The van der Waals surface area contributed by atoms with Gasteiger partial charge >= 0.3 is 0 Å². The maximum Gasteiger partial charge on any atom is 0.148 e. The number of hydrogen-bond acceptors (Lipinski definition) is 1. The minimum Gasteiger partial charge on any atom is -0.489 e. The van der Waals surface area contributed by atoms with Gasteiger partial charge < -0.3 is 4.74 Å². The molecule has 2 aromatic carbocycles. The van der Waals surface area contributed by atoms with E-state index >= 15 is 0 Å². The van der Waals surface area contributed by atoms with Gasteiger partial charge in [0.25, 0.3) is 0 Å². The SMILES string of the molecule is Cc1cc(OCc2cccc(Cl)c2F)cc(C)c1Br. The molecule has 0 unspecified atom stereocenters. The summed E-state index contributed by atoms with van der Waals surface area (Å²) in [4.78, 5) is 0. The van der Waals surface area contributed by atoms with E-state index in [2.05, 4.69) is 15.9 Å². The Hall–Kier alpha value is -1.06. The smallest absolute Gasteiger partial charge is 0.148 e. The summed E-state index contributed by atoms with van der Waals surface area (Å²) in [6.07, 6.45) is 0. The van der Waals surface area contributed by atoms with Crippen LogP contribution < -0.4 is 4.74 Å². The lowest BCUT2D eigenvalue weighted by molar-refractivity contribution is 0.299. The average molecular weight is 344 g/mol. The zero-order chi connectivity index (χ0) is 14.0. The van der Waals surface area contributed by atoms with Gasteiger partial charge in [0.05, 0.1) is 5.02 Å². The summed E-state index contributed by atoms with van der Waals surface area (Å²) in [7, 11) is 0. The second-order valence-electron chi connectivity index (χ2n) is 4.37. The molecule has 100 valence electrons. The molecule has 0 aliphatic rings. The lowest BCUT2D eigenvalue weighted by Gasteiger charge is -2.11. The van der Waals surface area contributed by atoms with Crippen LogP contribution in [0.25, 0.3) is 0 Å². The highest BCUT2D eigenvalue weighted by molar-refractivity contribution is 9.10. The van der Waals surface area contributed by atoms with Crippen LogP contribution >= 0.6 is 27.5 Å². The molecule has 0 spiro atoms. The summed E-state index contributed by atoms with van der Waals surface area (Å²) in [5.41, 5.74) is 2.62. The third-order valence-electron chi connectivity index (χ3n) is 2.84. The van der Waals surface area contributed by atoms with Crippen molar-refractivity contribution in [3.8, 4) is 5.75 Å². The molecule has 0 fully saturated rings. The van der Waals surface area contributed by atoms with E-state index in [1.54, 1.807) is 12.1 Å². The molecule has 0 aliphatic heterocycles. The van der Waals surface area contributed by atoms with Gasteiger partial charge in [0.2, 0.25) is 0 Å². The van der Waals surface area contributed by atoms with Crippen LogP contribution in [0.15, 0.2) is 34.8 Å². The predicted molar refractivity (Wildman–Crippen MR) is 79.4 cm³/mol. The van der Waals surface area contributed by atoms with Crippen LogP contribution in [0.4, 0.5) is 4.39 Å². The Morgan fingerprint density at radius 2 is 1.84 bits per heavy atom. The van der Waals surface area contributed by atoms with Gasteiger partial charge in [-0.15, -0.1) is 0 Å². The van der Waals surface area contributed by atoms with Gasteiger partial charge in [0.1, 0.15) is 18.2 Å². The van der Waals surface area contributed by atoms with Gasteiger partial charge in [0, 0.05) is 10.0 Å².